The van der Waals surface area contributed by atoms with Crippen LogP contribution in [0.25, 0.3) is 0 Å². The molecule has 0 saturated carbocycles. The number of likely N-dealkylation sites (tertiary alicyclic amines) is 1. The third kappa shape index (κ3) is 5.90. The molecule has 1 aliphatic heterocycles. The van der Waals surface area contributed by atoms with Gasteiger partial charge in [-0.05, 0) is 24.5 Å². The normalized spacial score (nSPS) is 19.2. The van der Waals surface area contributed by atoms with Gasteiger partial charge in [0.1, 0.15) is 6.61 Å². The van der Waals surface area contributed by atoms with Gasteiger partial charge in [-0.2, -0.15) is 5.10 Å². The molecular weight excluding hydrogens is 368 g/mol. The minimum absolute atomic E-state index is 0.0435. The lowest BCUT2D eigenvalue weighted by atomic mass is 9.88. The molecule has 0 bridgehead atoms. The van der Waals surface area contributed by atoms with Crippen molar-refractivity contribution in [2.75, 3.05) is 33.8 Å². The maximum absolute atomic E-state index is 12.8. The number of ether oxygens (including phenoxy) is 1. The van der Waals surface area contributed by atoms with Crippen LogP contribution in [0.3, 0.4) is 0 Å². The SMILES string of the molecule is CN(C)C(=O)CO[C@@H]1CCN(C(=O)Cc2ccn(C)n2)C[C@H]1Cc1ccccc1. The predicted octanol–water partition coefficient (Wildman–Crippen LogP) is 1.53. The van der Waals surface area contributed by atoms with Crippen molar-refractivity contribution in [3.8, 4) is 0 Å². The molecule has 0 aliphatic carbocycles. The maximum Gasteiger partial charge on any atom is 0.248 e. The van der Waals surface area contributed by atoms with Crippen LogP contribution < -0.4 is 0 Å². The Balaban J connectivity index is 1.65. The average molecular weight is 399 g/mol. The lowest BCUT2D eigenvalue weighted by molar-refractivity contribution is -0.143. The molecule has 29 heavy (non-hydrogen) atoms. The fourth-order valence-corrected chi connectivity index (χ4v) is 3.70. The highest BCUT2D eigenvalue weighted by molar-refractivity contribution is 5.78. The zero-order chi connectivity index (χ0) is 20.8. The summed E-state index contributed by atoms with van der Waals surface area (Å²) in [6.07, 6.45) is 3.66. The number of hydrogen-bond acceptors (Lipinski definition) is 4. The number of hydrogen-bond donors (Lipinski definition) is 0. The molecule has 1 aromatic carbocycles. The van der Waals surface area contributed by atoms with Crippen molar-refractivity contribution in [3.05, 3.63) is 53.9 Å². The van der Waals surface area contributed by atoms with Crippen molar-refractivity contribution in [1.29, 1.82) is 0 Å². The van der Waals surface area contributed by atoms with E-state index in [-0.39, 0.29) is 30.4 Å². The summed E-state index contributed by atoms with van der Waals surface area (Å²) in [4.78, 5) is 28.2. The zero-order valence-corrected chi connectivity index (χ0v) is 17.5. The highest BCUT2D eigenvalue weighted by Gasteiger charge is 2.33. The third-order valence-electron chi connectivity index (χ3n) is 5.38. The van der Waals surface area contributed by atoms with Gasteiger partial charge < -0.3 is 14.5 Å². The summed E-state index contributed by atoms with van der Waals surface area (Å²) in [6.45, 7) is 1.34. The first-order chi connectivity index (χ1) is 13.9. The van der Waals surface area contributed by atoms with E-state index in [1.165, 1.54) is 10.5 Å². The summed E-state index contributed by atoms with van der Waals surface area (Å²) in [5.74, 6) is 0.190. The minimum atomic E-state index is -0.0443. The van der Waals surface area contributed by atoms with E-state index >= 15 is 0 Å². The Labute approximate surface area is 172 Å². The fraction of sp³-hybridized carbons (Fsp3) is 0.500. The largest absolute Gasteiger partial charge is 0.368 e. The Morgan fingerprint density at radius 1 is 1.21 bits per heavy atom. The fourth-order valence-electron chi connectivity index (χ4n) is 3.70. The predicted molar refractivity (Wildman–Crippen MR) is 110 cm³/mol. The molecule has 0 spiro atoms. The molecule has 7 nitrogen and oxygen atoms in total. The van der Waals surface area contributed by atoms with Crippen LogP contribution in [0.1, 0.15) is 17.7 Å². The quantitative estimate of drug-likeness (QED) is 0.709. The molecule has 2 atom stereocenters. The summed E-state index contributed by atoms with van der Waals surface area (Å²) in [7, 11) is 5.31. The summed E-state index contributed by atoms with van der Waals surface area (Å²) in [5, 5.41) is 4.31. The van der Waals surface area contributed by atoms with E-state index in [1.54, 1.807) is 18.8 Å². The van der Waals surface area contributed by atoms with Crippen molar-refractivity contribution >= 4 is 11.8 Å². The van der Waals surface area contributed by atoms with Crippen LogP contribution in [0.2, 0.25) is 0 Å². The average Bonchev–Trinajstić information content (AvgIpc) is 3.12. The van der Waals surface area contributed by atoms with E-state index < -0.39 is 0 Å². The van der Waals surface area contributed by atoms with E-state index in [0.717, 1.165) is 18.5 Å². The summed E-state index contributed by atoms with van der Waals surface area (Å²) >= 11 is 0. The molecule has 156 valence electrons. The highest BCUT2D eigenvalue weighted by Crippen LogP contribution is 2.25. The molecule has 0 N–H and O–H groups in total. The Bertz CT molecular complexity index is 818. The number of piperidine rings is 1. The molecule has 1 fully saturated rings. The number of carbonyl (C=O) groups is 2. The zero-order valence-electron chi connectivity index (χ0n) is 17.5. The number of rotatable bonds is 7. The number of amides is 2. The van der Waals surface area contributed by atoms with Crippen LogP contribution in [0.4, 0.5) is 0 Å². The lowest BCUT2D eigenvalue weighted by Gasteiger charge is -2.38. The Morgan fingerprint density at radius 2 is 1.97 bits per heavy atom. The lowest BCUT2D eigenvalue weighted by Crippen LogP contribution is -2.48. The van der Waals surface area contributed by atoms with Crippen molar-refractivity contribution in [3.63, 3.8) is 0 Å². The molecule has 0 unspecified atom stereocenters. The molecule has 1 saturated heterocycles. The van der Waals surface area contributed by atoms with Crippen molar-refractivity contribution in [1.82, 2.24) is 19.6 Å². The molecule has 7 heteroatoms. The van der Waals surface area contributed by atoms with E-state index in [0.29, 0.717) is 19.5 Å². The number of aromatic nitrogens is 2. The van der Waals surface area contributed by atoms with Crippen LogP contribution >= 0.6 is 0 Å². The third-order valence-corrected chi connectivity index (χ3v) is 5.38. The standard InChI is InChI=1S/C22H30N4O3/c1-24(2)22(28)16-29-20-10-12-26(21(27)14-19-9-11-25(3)23-19)15-18(20)13-17-7-5-4-6-8-17/h4-9,11,18,20H,10,12-16H2,1-3H3/t18-,20-/m1/s1. The highest BCUT2D eigenvalue weighted by atomic mass is 16.5. The first-order valence-corrected chi connectivity index (χ1v) is 10.0. The molecule has 2 aromatic rings. The summed E-state index contributed by atoms with van der Waals surface area (Å²) in [6, 6.07) is 12.1. The molecule has 1 aliphatic rings. The van der Waals surface area contributed by atoms with Gasteiger partial charge in [-0.25, -0.2) is 0 Å². The molecular formula is C22H30N4O3. The first kappa shape index (κ1) is 21.0. The van der Waals surface area contributed by atoms with Gasteiger partial charge in [-0.1, -0.05) is 30.3 Å². The van der Waals surface area contributed by atoms with Crippen LogP contribution in [0.15, 0.2) is 42.6 Å². The topological polar surface area (TPSA) is 67.7 Å². The Kier molecular flexibility index (Phi) is 7.04. The van der Waals surface area contributed by atoms with E-state index in [1.807, 2.05) is 42.4 Å². The van der Waals surface area contributed by atoms with Crippen LogP contribution in [-0.4, -0.2) is 71.3 Å². The molecule has 3 rings (SSSR count). The Morgan fingerprint density at radius 3 is 2.62 bits per heavy atom. The van der Waals surface area contributed by atoms with Gasteiger partial charge in [-0.15, -0.1) is 0 Å². The Hall–Kier alpha value is -2.67. The first-order valence-electron chi connectivity index (χ1n) is 10.0. The van der Waals surface area contributed by atoms with Crippen molar-refractivity contribution in [2.45, 2.75) is 25.4 Å². The number of nitrogens with zero attached hydrogens (tertiary/aromatic N) is 4. The second-order valence-electron chi connectivity index (χ2n) is 7.87. The van der Waals surface area contributed by atoms with E-state index in [4.69, 9.17) is 4.74 Å². The second kappa shape index (κ2) is 9.69. The van der Waals surface area contributed by atoms with Gasteiger partial charge in [0.2, 0.25) is 11.8 Å². The van der Waals surface area contributed by atoms with E-state index in [2.05, 4.69) is 17.2 Å². The van der Waals surface area contributed by atoms with Crippen LogP contribution in [0, 0.1) is 5.92 Å². The number of carbonyl (C=O) groups excluding carboxylic acids is 2. The summed E-state index contributed by atoms with van der Waals surface area (Å²) < 4.78 is 7.71. The molecule has 1 aromatic heterocycles. The van der Waals surface area contributed by atoms with Gasteiger partial charge in [0.15, 0.2) is 0 Å². The maximum atomic E-state index is 12.8. The number of aryl methyl sites for hydroxylation is 1. The second-order valence-corrected chi connectivity index (χ2v) is 7.87. The van der Waals surface area contributed by atoms with E-state index in [9.17, 15) is 9.59 Å². The van der Waals surface area contributed by atoms with Gasteiger partial charge >= 0.3 is 0 Å². The van der Waals surface area contributed by atoms with Crippen LogP contribution in [-0.2, 0) is 34.2 Å². The minimum Gasteiger partial charge on any atom is -0.368 e. The van der Waals surface area contributed by atoms with Crippen LogP contribution in [0.5, 0.6) is 0 Å². The number of likely N-dealkylation sites (N-methyl/N-ethyl adjacent to an activating group) is 1. The molecule has 0 radical (unpaired) electrons. The van der Waals surface area contributed by atoms with Gasteiger partial charge in [0.25, 0.3) is 0 Å². The van der Waals surface area contributed by atoms with Gasteiger partial charge in [0.05, 0.1) is 18.2 Å². The molecule has 2 heterocycles. The summed E-state index contributed by atoms with van der Waals surface area (Å²) in [5.41, 5.74) is 2.00. The smallest absolute Gasteiger partial charge is 0.248 e. The molecule has 2 amide bonds. The van der Waals surface area contributed by atoms with Crippen molar-refractivity contribution < 1.29 is 14.3 Å². The monoisotopic (exact) mass is 398 g/mol. The van der Waals surface area contributed by atoms with Gasteiger partial charge in [0, 0.05) is 46.3 Å². The van der Waals surface area contributed by atoms with Crippen molar-refractivity contribution in [2.24, 2.45) is 13.0 Å². The van der Waals surface area contributed by atoms with Gasteiger partial charge in [-0.3, -0.25) is 14.3 Å². The number of benzene rings is 1.